The van der Waals surface area contributed by atoms with Crippen LogP contribution in [0.15, 0.2) is 18.2 Å². The highest BCUT2D eigenvalue weighted by Gasteiger charge is 2.34. The monoisotopic (exact) mass is 304 g/mol. The molecule has 0 atom stereocenters. The summed E-state index contributed by atoms with van der Waals surface area (Å²) in [4.78, 5) is 13.6. The summed E-state index contributed by atoms with van der Waals surface area (Å²) in [6, 6.07) is 1.89. The molecule has 1 aromatic rings. The molecule has 1 heterocycles. The molecule has 3 nitrogen and oxygen atoms in total. The Morgan fingerprint density at radius 2 is 2.00 bits per heavy atom. The number of rotatable bonds is 1. The Balaban J connectivity index is 2.30. The van der Waals surface area contributed by atoms with Crippen LogP contribution in [0.5, 0.6) is 0 Å². The van der Waals surface area contributed by atoms with Crippen molar-refractivity contribution < 1.29 is 22.4 Å². The lowest BCUT2D eigenvalue weighted by atomic mass is 10.0. The molecule has 1 amide bonds. The van der Waals surface area contributed by atoms with Gasteiger partial charge in [-0.3, -0.25) is 4.79 Å². The topological polar surface area (TPSA) is 32.3 Å². The van der Waals surface area contributed by atoms with Crippen molar-refractivity contribution >= 4 is 5.91 Å². The number of hydrogen-bond donors (Lipinski definition) is 1. The summed E-state index contributed by atoms with van der Waals surface area (Å²) in [7, 11) is 0. The molecule has 116 valence electrons. The highest BCUT2D eigenvalue weighted by Crippen LogP contribution is 2.30. The number of nitrogens with zero attached hydrogens (tertiary/aromatic N) is 1. The van der Waals surface area contributed by atoms with E-state index in [4.69, 9.17) is 0 Å². The van der Waals surface area contributed by atoms with Crippen molar-refractivity contribution in [1.29, 1.82) is 0 Å². The maximum absolute atomic E-state index is 13.7. The van der Waals surface area contributed by atoms with Gasteiger partial charge >= 0.3 is 6.18 Å². The second-order valence-corrected chi connectivity index (χ2v) is 5.73. The fourth-order valence-electron chi connectivity index (χ4n) is 2.35. The number of carbonyl (C=O) groups excluding carboxylic acids is 1. The van der Waals surface area contributed by atoms with Crippen LogP contribution in [0.2, 0.25) is 0 Å². The molecule has 0 bridgehead atoms. The molecule has 1 aliphatic heterocycles. The number of halogens is 4. The van der Waals surface area contributed by atoms with E-state index in [-0.39, 0.29) is 5.54 Å². The summed E-state index contributed by atoms with van der Waals surface area (Å²) < 4.78 is 51.7. The van der Waals surface area contributed by atoms with Gasteiger partial charge in [0.25, 0.3) is 5.91 Å². The smallest absolute Gasteiger partial charge is 0.335 e. The maximum Gasteiger partial charge on any atom is 0.416 e. The summed E-state index contributed by atoms with van der Waals surface area (Å²) in [5, 5.41) is 3.18. The van der Waals surface area contributed by atoms with Crippen molar-refractivity contribution in [1.82, 2.24) is 10.2 Å². The van der Waals surface area contributed by atoms with E-state index in [2.05, 4.69) is 5.32 Å². The first-order chi connectivity index (χ1) is 9.60. The zero-order valence-corrected chi connectivity index (χ0v) is 11.7. The Kier molecular flexibility index (Phi) is 3.97. The van der Waals surface area contributed by atoms with E-state index in [1.165, 1.54) is 4.90 Å². The second kappa shape index (κ2) is 5.29. The minimum atomic E-state index is -4.61. The van der Waals surface area contributed by atoms with Gasteiger partial charge < -0.3 is 10.2 Å². The molecular formula is C14H16F4N2O. The third-order valence-corrected chi connectivity index (χ3v) is 3.38. The van der Waals surface area contributed by atoms with Gasteiger partial charge in [0.1, 0.15) is 5.82 Å². The third kappa shape index (κ3) is 3.53. The second-order valence-electron chi connectivity index (χ2n) is 5.73. The van der Waals surface area contributed by atoms with Crippen molar-refractivity contribution in [2.75, 3.05) is 19.6 Å². The quantitative estimate of drug-likeness (QED) is 0.809. The minimum absolute atomic E-state index is 0.307. The van der Waals surface area contributed by atoms with Gasteiger partial charge in [0.05, 0.1) is 11.1 Å². The lowest BCUT2D eigenvalue weighted by Gasteiger charge is -2.39. The number of amides is 1. The molecule has 1 saturated heterocycles. The average Bonchev–Trinajstić information content (AvgIpc) is 2.36. The molecular weight excluding hydrogens is 288 g/mol. The predicted molar refractivity (Wildman–Crippen MR) is 69.4 cm³/mol. The van der Waals surface area contributed by atoms with Crippen molar-refractivity contribution in [2.24, 2.45) is 0 Å². The van der Waals surface area contributed by atoms with Crippen LogP contribution in [0.1, 0.15) is 29.8 Å². The fourth-order valence-corrected chi connectivity index (χ4v) is 2.35. The van der Waals surface area contributed by atoms with Gasteiger partial charge in [-0.2, -0.15) is 13.2 Å². The van der Waals surface area contributed by atoms with E-state index in [0.717, 1.165) is 0 Å². The summed E-state index contributed by atoms with van der Waals surface area (Å²) >= 11 is 0. The standard InChI is InChI=1S/C14H16F4N2O/c1-13(2)8-20(6-5-19-13)12(21)10-7-9(14(16,17)18)3-4-11(10)15/h3-4,7,19H,5-6,8H2,1-2H3. The number of alkyl halides is 3. The van der Waals surface area contributed by atoms with Crippen molar-refractivity contribution in [3.05, 3.63) is 35.1 Å². The number of piperazine rings is 1. The van der Waals surface area contributed by atoms with Crippen LogP contribution < -0.4 is 5.32 Å². The summed E-state index contributed by atoms with van der Waals surface area (Å²) in [5.41, 5.74) is -1.92. The largest absolute Gasteiger partial charge is 0.416 e. The summed E-state index contributed by atoms with van der Waals surface area (Å²) in [5.74, 6) is -1.66. The Morgan fingerprint density at radius 1 is 1.33 bits per heavy atom. The molecule has 0 unspecified atom stereocenters. The third-order valence-electron chi connectivity index (χ3n) is 3.38. The molecule has 1 N–H and O–H groups in total. The van der Waals surface area contributed by atoms with Gasteiger partial charge in [-0.05, 0) is 32.0 Å². The Labute approximate surface area is 119 Å². The normalized spacial score (nSPS) is 18.7. The molecule has 21 heavy (non-hydrogen) atoms. The molecule has 1 fully saturated rings. The minimum Gasteiger partial charge on any atom is -0.335 e. The lowest BCUT2D eigenvalue weighted by Crippen LogP contribution is -2.58. The fraction of sp³-hybridized carbons (Fsp3) is 0.500. The molecule has 1 aliphatic rings. The van der Waals surface area contributed by atoms with E-state index in [9.17, 15) is 22.4 Å². The number of hydrogen-bond acceptors (Lipinski definition) is 2. The molecule has 0 saturated carbocycles. The first-order valence-corrected chi connectivity index (χ1v) is 6.51. The van der Waals surface area contributed by atoms with Gasteiger partial charge in [0.2, 0.25) is 0 Å². The molecule has 0 aromatic heterocycles. The zero-order chi connectivity index (χ0) is 15.8. The first kappa shape index (κ1) is 15.8. The Bertz CT molecular complexity index is 554. The molecule has 0 spiro atoms. The van der Waals surface area contributed by atoms with E-state index in [1.54, 1.807) is 0 Å². The highest BCUT2D eigenvalue weighted by atomic mass is 19.4. The molecule has 0 radical (unpaired) electrons. The molecule has 7 heteroatoms. The molecule has 2 rings (SSSR count). The number of benzene rings is 1. The molecule has 1 aromatic carbocycles. The number of nitrogens with one attached hydrogen (secondary N) is 1. The lowest BCUT2D eigenvalue weighted by molar-refractivity contribution is -0.137. The van der Waals surface area contributed by atoms with E-state index in [1.807, 2.05) is 13.8 Å². The van der Waals surface area contributed by atoms with Gasteiger partial charge in [-0.25, -0.2) is 4.39 Å². The van der Waals surface area contributed by atoms with E-state index >= 15 is 0 Å². The van der Waals surface area contributed by atoms with Gasteiger partial charge in [0.15, 0.2) is 0 Å². The van der Waals surface area contributed by atoms with E-state index in [0.29, 0.717) is 37.8 Å². The van der Waals surface area contributed by atoms with Crippen LogP contribution in [-0.4, -0.2) is 36.0 Å². The van der Waals surface area contributed by atoms with Crippen LogP contribution in [0.25, 0.3) is 0 Å². The van der Waals surface area contributed by atoms with E-state index < -0.39 is 29.0 Å². The molecule has 0 aliphatic carbocycles. The average molecular weight is 304 g/mol. The van der Waals surface area contributed by atoms with Crippen molar-refractivity contribution in [3.63, 3.8) is 0 Å². The maximum atomic E-state index is 13.7. The van der Waals surface area contributed by atoms with Gasteiger partial charge in [-0.15, -0.1) is 0 Å². The van der Waals surface area contributed by atoms with Crippen molar-refractivity contribution in [2.45, 2.75) is 25.6 Å². The van der Waals surface area contributed by atoms with Gasteiger partial charge in [0, 0.05) is 25.2 Å². The van der Waals surface area contributed by atoms with Crippen LogP contribution in [0, 0.1) is 5.82 Å². The SMILES string of the molecule is CC1(C)CN(C(=O)c2cc(C(F)(F)F)ccc2F)CCN1. The zero-order valence-electron chi connectivity index (χ0n) is 11.7. The summed E-state index contributed by atoms with van der Waals surface area (Å²) in [6.45, 7) is 4.89. The van der Waals surface area contributed by atoms with Crippen LogP contribution >= 0.6 is 0 Å². The predicted octanol–water partition coefficient (Wildman–Crippen LogP) is 2.67. The highest BCUT2D eigenvalue weighted by molar-refractivity contribution is 5.94. The van der Waals surface area contributed by atoms with Crippen LogP contribution in [-0.2, 0) is 6.18 Å². The number of carbonyl (C=O) groups is 1. The van der Waals surface area contributed by atoms with Crippen LogP contribution in [0.4, 0.5) is 17.6 Å². The summed E-state index contributed by atoms with van der Waals surface area (Å²) in [6.07, 6.45) is -4.61. The van der Waals surface area contributed by atoms with Crippen molar-refractivity contribution in [3.8, 4) is 0 Å². The first-order valence-electron chi connectivity index (χ1n) is 6.51. The van der Waals surface area contributed by atoms with Gasteiger partial charge in [-0.1, -0.05) is 0 Å². The van der Waals surface area contributed by atoms with Crippen LogP contribution in [0.3, 0.4) is 0 Å². The Morgan fingerprint density at radius 3 is 2.57 bits per heavy atom. The Hall–Kier alpha value is -1.63.